The van der Waals surface area contributed by atoms with Crippen LogP contribution in [0.15, 0.2) is 15.4 Å². The normalized spacial score (nSPS) is 22.6. The van der Waals surface area contributed by atoms with Crippen LogP contribution in [0.4, 0.5) is 0 Å². The van der Waals surface area contributed by atoms with Gasteiger partial charge >= 0.3 is 0 Å². The molecule has 2 unspecified atom stereocenters. The molecule has 1 aliphatic heterocycles. The molecular weight excluding hydrogens is 318 g/mol. The van der Waals surface area contributed by atoms with Gasteiger partial charge in [0, 0.05) is 39.3 Å². The Bertz CT molecular complexity index is 681. The van der Waals surface area contributed by atoms with E-state index in [1.807, 2.05) is 0 Å². The summed E-state index contributed by atoms with van der Waals surface area (Å²) in [6.45, 7) is 4.69. The molecule has 1 aliphatic rings. The molecule has 8 heteroatoms. The summed E-state index contributed by atoms with van der Waals surface area (Å²) in [5, 5.41) is 0. The molecule has 0 bridgehead atoms. The Morgan fingerprint density at radius 2 is 2.13 bits per heavy atom. The number of piperidine rings is 1. The second kappa shape index (κ2) is 6.62. The number of rotatable bonds is 4. The van der Waals surface area contributed by atoms with Gasteiger partial charge in [-0.05, 0) is 25.7 Å². The van der Waals surface area contributed by atoms with Gasteiger partial charge in [0.1, 0.15) is 10.7 Å². The number of amides is 1. The largest absolute Gasteiger partial charge is 0.455 e. The van der Waals surface area contributed by atoms with Crippen LogP contribution in [0, 0.1) is 12.8 Å². The Kier molecular flexibility index (Phi) is 5.17. The number of furan rings is 1. The molecule has 23 heavy (non-hydrogen) atoms. The number of nitrogens with two attached hydrogens (primary N) is 1. The van der Waals surface area contributed by atoms with Crippen LogP contribution in [-0.4, -0.2) is 56.8 Å². The molecule has 2 N–H and O–H groups in total. The molecule has 1 aromatic heterocycles. The summed E-state index contributed by atoms with van der Waals surface area (Å²) in [7, 11) is -0.746. The van der Waals surface area contributed by atoms with Crippen molar-refractivity contribution in [3.05, 3.63) is 17.6 Å². The standard InChI is InChI=1S/C15H25N3O4S/c1-10-5-6-18(12(7-10)9-16)15(19)13-8-14(11(2)22-13)23(20,21)17(3)4/h8,10,12H,5-7,9,16H2,1-4H3. The van der Waals surface area contributed by atoms with E-state index in [9.17, 15) is 13.2 Å². The minimum atomic E-state index is -3.63. The third-order valence-electron chi connectivity index (χ3n) is 4.35. The second-order valence-corrected chi connectivity index (χ2v) is 8.46. The zero-order chi connectivity index (χ0) is 17.4. The van der Waals surface area contributed by atoms with Gasteiger partial charge in [-0.3, -0.25) is 4.79 Å². The fraction of sp³-hybridized carbons (Fsp3) is 0.667. The summed E-state index contributed by atoms with van der Waals surface area (Å²) in [4.78, 5) is 14.4. The van der Waals surface area contributed by atoms with E-state index in [0.717, 1.165) is 17.1 Å². The first-order valence-corrected chi connectivity index (χ1v) is 9.16. The molecule has 130 valence electrons. The monoisotopic (exact) mass is 343 g/mol. The molecule has 1 amide bonds. The second-order valence-electron chi connectivity index (χ2n) is 6.34. The fourth-order valence-corrected chi connectivity index (χ4v) is 3.96. The molecule has 1 saturated heterocycles. The SMILES string of the molecule is Cc1oc(C(=O)N2CCC(C)CC2CN)cc1S(=O)(=O)N(C)C. The van der Waals surface area contributed by atoms with Gasteiger partial charge in [-0.15, -0.1) is 0 Å². The summed E-state index contributed by atoms with van der Waals surface area (Å²) in [6, 6.07) is 1.28. The lowest BCUT2D eigenvalue weighted by Gasteiger charge is -2.37. The van der Waals surface area contributed by atoms with Crippen LogP contribution in [0.2, 0.25) is 0 Å². The van der Waals surface area contributed by atoms with Crippen LogP contribution >= 0.6 is 0 Å². The van der Waals surface area contributed by atoms with E-state index in [1.165, 1.54) is 20.2 Å². The Hall–Kier alpha value is -1.38. The van der Waals surface area contributed by atoms with Gasteiger partial charge in [-0.25, -0.2) is 12.7 Å². The molecule has 0 radical (unpaired) electrons. The number of aryl methyl sites for hydroxylation is 1. The topological polar surface area (TPSA) is 96.8 Å². The highest BCUT2D eigenvalue weighted by atomic mass is 32.2. The molecule has 0 spiro atoms. The smallest absolute Gasteiger partial charge is 0.289 e. The van der Waals surface area contributed by atoms with Crippen molar-refractivity contribution in [2.45, 2.75) is 37.6 Å². The molecular formula is C15H25N3O4S. The lowest BCUT2D eigenvalue weighted by molar-refractivity contribution is 0.0540. The van der Waals surface area contributed by atoms with E-state index in [1.54, 1.807) is 11.8 Å². The number of nitrogens with zero attached hydrogens (tertiary/aromatic N) is 2. The lowest BCUT2D eigenvalue weighted by Crippen LogP contribution is -2.49. The quantitative estimate of drug-likeness (QED) is 0.881. The number of likely N-dealkylation sites (tertiary alicyclic amines) is 1. The van der Waals surface area contributed by atoms with Crippen molar-refractivity contribution in [1.29, 1.82) is 0 Å². The molecule has 7 nitrogen and oxygen atoms in total. The minimum absolute atomic E-state index is 0.0283. The summed E-state index contributed by atoms with van der Waals surface area (Å²) in [6.07, 6.45) is 1.76. The van der Waals surface area contributed by atoms with Gasteiger partial charge in [0.25, 0.3) is 5.91 Å². The van der Waals surface area contributed by atoms with Crippen molar-refractivity contribution in [3.63, 3.8) is 0 Å². The highest BCUT2D eigenvalue weighted by molar-refractivity contribution is 7.89. The van der Waals surface area contributed by atoms with Crippen LogP contribution in [0.5, 0.6) is 0 Å². The molecule has 2 atom stereocenters. The third-order valence-corrected chi connectivity index (χ3v) is 6.28. The first kappa shape index (κ1) is 18.0. The zero-order valence-corrected chi connectivity index (χ0v) is 14.9. The fourth-order valence-electron chi connectivity index (χ4n) is 2.91. The van der Waals surface area contributed by atoms with E-state index in [4.69, 9.17) is 10.2 Å². The van der Waals surface area contributed by atoms with Crippen LogP contribution in [-0.2, 0) is 10.0 Å². The van der Waals surface area contributed by atoms with Gasteiger partial charge < -0.3 is 15.1 Å². The van der Waals surface area contributed by atoms with Crippen molar-refractivity contribution in [1.82, 2.24) is 9.21 Å². The van der Waals surface area contributed by atoms with Crippen LogP contribution in [0.3, 0.4) is 0 Å². The third kappa shape index (κ3) is 3.44. The predicted molar refractivity (Wildman–Crippen MR) is 86.6 cm³/mol. The van der Waals surface area contributed by atoms with Gasteiger partial charge in [0.2, 0.25) is 10.0 Å². The highest BCUT2D eigenvalue weighted by Crippen LogP contribution is 2.27. The maximum atomic E-state index is 12.7. The maximum absolute atomic E-state index is 12.7. The minimum Gasteiger partial charge on any atom is -0.455 e. The summed E-state index contributed by atoms with van der Waals surface area (Å²) in [5.74, 6) is 0.499. The molecule has 0 aromatic carbocycles. The van der Waals surface area contributed by atoms with Crippen molar-refractivity contribution in [2.24, 2.45) is 11.7 Å². The summed E-state index contributed by atoms with van der Waals surface area (Å²) in [5.41, 5.74) is 5.79. The zero-order valence-electron chi connectivity index (χ0n) is 14.1. The van der Waals surface area contributed by atoms with Crippen molar-refractivity contribution < 1.29 is 17.6 Å². The van der Waals surface area contributed by atoms with Gasteiger partial charge in [0.05, 0.1) is 0 Å². The molecule has 1 fully saturated rings. The Morgan fingerprint density at radius 1 is 1.48 bits per heavy atom. The Balaban J connectivity index is 2.31. The van der Waals surface area contributed by atoms with Gasteiger partial charge in [0.15, 0.2) is 5.76 Å². The van der Waals surface area contributed by atoms with Crippen molar-refractivity contribution in [2.75, 3.05) is 27.2 Å². The maximum Gasteiger partial charge on any atom is 0.289 e. The molecule has 2 heterocycles. The number of carbonyl (C=O) groups excluding carboxylic acids is 1. The van der Waals surface area contributed by atoms with Gasteiger partial charge in [-0.1, -0.05) is 6.92 Å². The molecule has 2 rings (SSSR count). The number of sulfonamides is 1. The van der Waals surface area contributed by atoms with Crippen LogP contribution in [0.25, 0.3) is 0 Å². The highest BCUT2D eigenvalue weighted by Gasteiger charge is 2.33. The summed E-state index contributed by atoms with van der Waals surface area (Å²) >= 11 is 0. The van der Waals surface area contributed by atoms with Crippen LogP contribution < -0.4 is 5.73 Å². The van der Waals surface area contributed by atoms with Crippen molar-refractivity contribution in [3.8, 4) is 0 Å². The molecule has 0 saturated carbocycles. The van der Waals surface area contributed by atoms with E-state index >= 15 is 0 Å². The molecule has 0 aliphatic carbocycles. The first-order chi connectivity index (χ1) is 10.7. The van der Waals surface area contributed by atoms with E-state index in [-0.39, 0.29) is 28.4 Å². The summed E-state index contributed by atoms with van der Waals surface area (Å²) < 4.78 is 31.0. The van der Waals surface area contributed by atoms with E-state index in [2.05, 4.69) is 6.92 Å². The lowest BCUT2D eigenvalue weighted by atomic mass is 9.92. The first-order valence-electron chi connectivity index (χ1n) is 7.72. The Morgan fingerprint density at radius 3 is 2.70 bits per heavy atom. The number of hydrogen-bond acceptors (Lipinski definition) is 5. The average Bonchev–Trinajstić information content (AvgIpc) is 2.88. The Labute approximate surface area is 137 Å². The van der Waals surface area contributed by atoms with E-state index < -0.39 is 10.0 Å². The average molecular weight is 343 g/mol. The van der Waals surface area contributed by atoms with Crippen LogP contribution in [0.1, 0.15) is 36.1 Å². The number of carbonyl (C=O) groups is 1. The van der Waals surface area contributed by atoms with Gasteiger partial charge in [-0.2, -0.15) is 0 Å². The molecule has 1 aromatic rings. The number of hydrogen-bond donors (Lipinski definition) is 1. The van der Waals surface area contributed by atoms with E-state index in [0.29, 0.717) is 19.0 Å². The van der Waals surface area contributed by atoms with Crippen molar-refractivity contribution >= 4 is 15.9 Å². The predicted octanol–water partition coefficient (Wildman–Crippen LogP) is 1.04.